The summed E-state index contributed by atoms with van der Waals surface area (Å²) in [4.78, 5) is 37.4. The molecule has 1 aromatic heterocycles. The Balaban J connectivity index is 1.97. The second-order valence-corrected chi connectivity index (χ2v) is 5.26. The van der Waals surface area contributed by atoms with E-state index >= 15 is 0 Å². The third kappa shape index (κ3) is 2.90. The first kappa shape index (κ1) is 14.1. The second-order valence-electron chi connectivity index (χ2n) is 5.26. The zero-order valence-corrected chi connectivity index (χ0v) is 11.6. The van der Waals surface area contributed by atoms with E-state index in [0.717, 1.165) is 19.0 Å². The number of aromatic carboxylic acids is 1. The predicted molar refractivity (Wildman–Crippen MR) is 79.9 cm³/mol. The highest BCUT2D eigenvalue weighted by Gasteiger charge is 2.23. The maximum atomic E-state index is 12.0. The smallest absolute Gasteiger partial charge is 0.337 e. The minimum absolute atomic E-state index is 0.0116. The van der Waals surface area contributed by atoms with Crippen LogP contribution in [-0.4, -0.2) is 28.0 Å². The van der Waals surface area contributed by atoms with E-state index in [4.69, 9.17) is 5.11 Å². The SMILES string of the molecule is O=C(O)c1c[nH]c(=O)c(-c2cccc(C(=O)NC3CC3)c2)c1. The van der Waals surface area contributed by atoms with E-state index in [1.807, 2.05) is 0 Å². The van der Waals surface area contributed by atoms with E-state index < -0.39 is 11.5 Å². The van der Waals surface area contributed by atoms with Crippen LogP contribution in [0.5, 0.6) is 0 Å². The first-order valence-electron chi connectivity index (χ1n) is 6.92. The summed E-state index contributed by atoms with van der Waals surface area (Å²) in [6.45, 7) is 0. The fourth-order valence-corrected chi connectivity index (χ4v) is 2.15. The highest BCUT2D eigenvalue weighted by Crippen LogP contribution is 2.21. The molecule has 1 aromatic carbocycles. The number of carboxylic acids is 1. The molecule has 0 unspecified atom stereocenters. The van der Waals surface area contributed by atoms with Crippen LogP contribution in [0.2, 0.25) is 0 Å². The molecule has 1 aliphatic carbocycles. The lowest BCUT2D eigenvalue weighted by Gasteiger charge is -2.06. The van der Waals surface area contributed by atoms with E-state index in [-0.39, 0.29) is 23.1 Å². The van der Waals surface area contributed by atoms with E-state index in [2.05, 4.69) is 10.3 Å². The van der Waals surface area contributed by atoms with Crippen LogP contribution < -0.4 is 10.9 Å². The number of hydrogen-bond donors (Lipinski definition) is 3. The topological polar surface area (TPSA) is 99.3 Å². The summed E-state index contributed by atoms with van der Waals surface area (Å²) >= 11 is 0. The van der Waals surface area contributed by atoms with Gasteiger partial charge in [-0.25, -0.2) is 4.79 Å². The van der Waals surface area contributed by atoms with Crippen molar-refractivity contribution in [2.24, 2.45) is 0 Å². The highest BCUT2D eigenvalue weighted by molar-refractivity contribution is 5.96. The van der Waals surface area contributed by atoms with Gasteiger partial charge in [0, 0.05) is 23.4 Å². The zero-order valence-electron chi connectivity index (χ0n) is 11.6. The van der Waals surface area contributed by atoms with Crippen molar-refractivity contribution in [3.05, 3.63) is 58.0 Å². The van der Waals surface area contributed by atoms with Gasteiger partial charge in [-0.1, -0.05) is 12.1 Å². The minimum atomic E-state index is -1.12. The average molecular weight is 298 g/mol. The number of carbonyl (C=O) groups is 2. The fourth-order valence-electron chi connectivity index (χ4n) is 2.15. The number of hydrogen-bond acceptors (Lipinski definition) is 3. The Morgan fingerprint density at radius 1 is 1.18 bits per heavy atom. The number of aromatic amines is 1. The zero-order chi connectivity index (χ0) is 15.7. The van der Waals surface area contributed by atoms with Gasteiger partial charge in [-0.2, -0.15) is 0 Å². The van der Waals surface area contributed by atoms with Gasteiger partial charge in [0.05, 0.1) is 5.56 Å². The van der Waals surface area contributed by atoms with Crippen LogP contribution in [0.3, 0.4) is 0 Å². The lowest BCUT2D eigenvalue weighted by molar-refractivity contribution is 0.0696. The Hall–Kier alpha value is -2.89. The van der Waals surface area contributed by atoms with Crippen molar-refractivity contribution in [3.8, 4) is 11.1 Å². The van der Waals surface area contributed by atoms with Crippen LogP contribution in [0.25, 0.3) is 11.1 Å². The van der Waals surface area contributed by atoms with Gasteiger partial charge in [-0.05, 0) is 36.6 Å². The molecular weight excluding hydrogens is 284 g/mol. The van der Waals surface area contributed by atoms with Gasteiger partial charge in [0.2, 0.25) is 0 Å². The van der Waals surface area contributed by atoms with Gasteiger partial charge >= 0.3 is 5.97 Å². The van der Waals surface area contributed by atoms with Gasteiger partial charge < -0.3 is 15.4 Å². The van der Waals surface area contributed by atoms with Gasteiger partial charge in [-0.15, -0.1) is 0 Å². The molecule has 0 radical (unpaired) electrons. The standard InChI is InChI=1S/C16H14N2O4/c19-14(18-12-4-5-12)10-3-1-2-9(6-10)13-7-11(16(21)22)8-17-15(13)20/h1-3,6-8,12H,4-5H2,(H,17,20)(H,18,19)(H,21,22). The molecule has 6 heteroatoms. The van der Waals surface area contributed by atoms with Crippen LogP contribution in [0.15, 0.2) is 41.3 Å². The summed E-state index contributed by atoms with van der Waals surface area (Å²) in [6.07, 6.45) is 3.13. The number of nitrogens with one attached hydrogen (secondary N) is 2. The van der Waals surface area contributed by atoms with Crippen molar-refractivity contribution < 1.29 is 14.7 Å². The number of benzene rings is 1. The molecule has 0 atom stereocenters. The monoisotopic (exact) mass is 298 g/mol. The molecule has 1 heterocycles. The van der Waals surface area contributed by atoms with Crippen molar-refractivity contribution >= 4 is 11.9 Å². The van der Waals surface area contributed by atoms with Crippen LogP contribution in [0.4, 0.5) is 0 Å². The van der Waals surface area contributed by atoms with Gasteiger partial charge in [0.15, 0.2) is 0 Å². The maximum Gasteiger partial charge on any atom is 0.337 e. The molecule has 0 spiro atoms. The summed E-state index contributed by atoms with van der Waals surface area (Å²) in [7, 11) is 0. The Bertz CT molecular complexity index is 806. The van der Waals surface area contributed by atoms with Gasteiger partial charge in [0.1, 0.15) is 0 Å². The molecule has 6 nitrogen and oxygen atoms in total. The van der Waals surface area contributed by atoms with E-state index in [0.29, 0.717) is 11.1 Å². The third-order valence-corrected chi connectivity index (χ3v) is 3.50. The molecule has 1 aliphatic rings. The Morgan fingerprint density at radius 2 is 1.95 bits per heavy atom. The summed E-state index contributed by atoms with van der Waals surface area (Å²) < 4.78 is 0. The number of carbonyl (C=O) groups excluding carboxylic acids is 1. The normalized spacial score (nSPS) is 13.6. The van der Waals surface area contributed by atoms with Gasteiger partial charge in [0.25, 0.3) is 11.5 Å². The first-order chi connectivity index (χ1) is 10.5. The molecule has 3 N–H and O–H groups in total. The van der Waals surface area contributed by atoms with Crippen molar-refractivity contribution in [1.82, 2.24) is 10.3 Å². The van der Waals surface area contributed by atoms with Crippen LogP contribution in [0, 0.1) is 0 Å². The quantitative estimate of drug-likeness (QED) is 0.798. The summed E-state index contributed by atoms with van der Waals surface area (Å²) in [5.74, 6) is -1.31. The Labute approximate surface area is 125 Å². The molecule has 3 rings (SSSR count). The molecule has 0 bridgehead atoms. The molecule has 1 saturated carbocycles. The Kier molecular flexibility index (Phi) is 3.50. The molecule has 0 aliphatic heterocycles. The highest BCUT2D eigenvalue weighted by atomic mass is 16.4. The average Bonchev–Trinajstić information content (AvgIpc) is 3.31. The molecule has 1 fully saturated rings. The number of aromatic nitrogens is 1. The number of carboxylic acid groups (broad SMARTS) is 1. The predicted octanol–water partition coefficient (Wildman–Crippen LogP) is 1.63. The molecule has 22 heavy (non-hydrogen) atoms. The summed E-state index contributed by atoms with van der Waals surface area (Å²) in [5, 5.41) is 11.9. The molecule has 0 saturated heterocycles. The molecule has 112 valence electrons. The number of H-pyrrole nitrogens is 1. The molecule has 1 amide bonds. The first-order valence-corrected chi connectivity index (χ1v) is 6.92. The van der Waals surface area contributed by atoms with Crippen LogP contribution >= 0.6 is 0 Å². The minimum Gasteiger partial charge on any atom is -0.478 e. The Morgan fingerprint density at radius 3 is 2.64 bits per heavy atom. The van der Waals surface area contributed by atoms with Gasteiger partial charge in [-0.3, -0.25) is 9.59 Å². The fraction of sp³-hybridized carbons (Fsp3) is 0.188. The second kappa shape index (κ2) is 5.48. The lowest BCUT2D eigenvalue weighted by atomic mass is 10.0. The van der Waals surface area contributed by atoms with Crippen molar-refractivity contribution in [3.63, 3.8) is 0 Å². The third-order valence-electron chi connectivity index (χ3n) is 3.50. The molecule has 2 aromatic rings. The molecular formula is C16H14N2O4. The number of rotatable bonds is 4. The van der Waals surface area contributed by atoms with Crippen molar-refractivity contribution in [2.75, 3.05) is 0 Å². The summed E-state index contributed by atoms with van der Waals surface area (Å²) in [5.41, 5.74) is 0.769. The van der Waals surface area contributed by atoms with Crippen LogP contribution in [-0.2, 0) is 0 Å². The van der Waals surface area contributed by atoms with Crippen LogP contribution in [0.1, 0.15) is 33.6 Å². The van der Waals surface area contributed by atoms with Crippen molar-refractivity contribution in [1.29, 1.82) is 0 Å². The largest absolute Gasteiger partial charge is 0.478 e. The summed E-state index contributed by atoms with van der Waals surface area (Å²) in [6, 6.07) is 8.15. The van der Waals surface area contributed by atoms with E-state index in [1.54, 1.807) is 24.3 Å². The number of amides is 1. The number of pyridine rings is 1. The van der Waals surface area contributed by atoms with E-state index in [1.165, 1.54) is 6.07 Å². The van der Waals surface area contributed by atoms with E-state index in [9.17, 15) is 14.4 Å². The van der Waals surface area contributed by atoms with Crippen molar-refractivity contribution in [2.45, 2.75) is 18.9 Å². The lowest BCUT2D eigenvalue weighted by Crippen LogP contribution is -2.25. The maximum absolute atomic E-state index is 12.0.